The first-order valence-corrected chi connectivity index (χ1v) is 11.0. The number of aromatic hydroxyl groups is 2. The maximum absolute atomic E-state index is 9.83. The molecule has 6 heteroatoms. The Hall–Kier alpha value is -2.41. The minimum Gasteiger partial charge on any atom is -0.504 e. The monoisotopic (exact) mass is 409 g/mol. The molecule has 3 N–H and O–H groups in total. The molecule has 152 valence electrons. The molecular formula is C23H27N3O2S. The van der Waals surface area contributed by atoms with Gasteiger partial charge in [-0.2, -0.15) is 0 Å². The first-order valence-electron chi connectivity index (χ1n) is 10.1. The highest BCUT2D eigenvalue weighted by Gasteiger charge is 2.18. The zero-order chi connectivity index (χ0) is 20.1. The third-order valence-corrected chi connectivity index (χ3v) is 6.45. The molecule has 0 spiro atoms. The molecule has 5 nitrogen and oxygen atoms in total. The third-order valence-electron chi connectivity index (χ3n) is 5.34. The van der Waals surface area contributed by atoms with E-state index >= 15 is 0 Å². The van der Waals surface area contributed by atoms with Gasteiger partial charge in [-0.05, 0) is 74.3 Å². The number of nitrogens with zero attached hydrogens (tertiary/aromatic N) is 2. The van der Waals surface area contributed by atoms with Gasteiger partial charge in [-0.3, -0.25) is 4.98 Å². The molecule has 1 aliphatic rings. The zero-order valence-corrected chi connectivity index (χ0v) is 17.2. The van der Waals surface area contributed by atoms with Crippen LogP contribution in [0.2, 0.25) is 0 Å². The van der Waals surface area contributed by atoms with Crippen LogP contribution in [0.15, 0.2) is 54.7 Å². The predicted octanol–water partition coefficient (Wildman–Crippen LogP) is 4.02. The summed E-state index contributed by atoms with van der Waals surface area (Å²) in [5, 5.41) is 23.1. The minimum atomic E-state index is -0.0709. The van der Waals surface area contributed by atoms with Crippen molar-refractivity contribution in [1.82, 2.24) is 15.2 Å². The molecule has 0 amide bonds. The smallest absolute Gasteiger partial charge is 0.157 e. The van der Waals surface area contributed by atoms with Gasteiger partial charge < -0.3 is 20.4 Å². The quantitative estimate of drug-likeness (QED) is 0.490. The highest BCUT2D eigenvalue weighted by molar-refractivity contribution is 7.15. The molecule has 1 fully saturated rings. The van der Waals surface area contributed by atoms with Crippen molar-refractivity contribution in [2.45, 2.75) is 31.8 Å². The summed E-state index contributed by atoms with van der Waals surface area (Å²) in [5.41, 5.74) is 2.04. The summed E-state index contributed by atoms with van der Waals surface area (Å²) in [6.07, 6.45) is 5.17. The fraction of sp³-hybridized carbons (Fsp3) is 0.348. The molecule has 0 bridgehead atoms. The molecule has 1 aromatic carbocycles. The SMILES string of the molecule is Oc1ccc(C[C@@H](CN2CCCC2)NCc2ccc(-c3ccccn3)s2)cc1O. The second kappa shape index (κ2) is 9.39. The third kappa shape index (κ3) is 5.35. The van der Waals surface area contributed by atoms with Crippen LogP contribution in [0.1, 0.15) is 23.3 Å². The van der Waals surface area contributed by atoms with E-state index in [4.69, 9.17) is 0 Å². The molecular weight excluding hydrogens is 382 g/mol. The maximum Gasteiger partial charge on any atom is 0.157 e. The van der Waals surface area contributed by atoms with Gasteiger partial charge in [0.15, 0.2) is 11.5 Å². The Balaban J connectivity index is 1.42. The van der Waals surface area contributed by atoms with Gasteiger partial charge in [-0.1, -0.05) is 12.1 Å². The molecule has 0 unspecified atom stereocenters. The Morgan fingerprint density at radius 2 is 1.90 bits per heavy atom. The highest BCUT2D eigenvalue weighted by Crippen LogP contribution is 2.27. The van der Waals surface area contributed by atoms with Crippen molar-refractivity contribution in [2.24, 2.45) is 0 Å². The number of thiophene rings is 1. The number of phenolic OH excluding ortho intramolecular Hbond substituents is 2. The Bertz CT molecular complexity index is 923. The summed E-state index contributed by atoms with van der Waals surface area (Å²) < 4.78 is 0. The number of likely N-dealkylation sites (tertiary alicyclic amines) is 1. The molecule has 4 rings (SSSR count). The maximum atomic E-state index is 9.83. The van der Waals surface area contributed by atoms with Crippen LogP contribution in [0.5, 0.6) is 11.5 Å². The fourth-order valence-electron chi connectivity index (χ4n) is 3.82. The second-order valence-electron chi connectivity index (χ2n) is 7.59. The summed E-state index contributed by atoms with van der Waals surface area (Å²) in [7, 11) is 0. The van der Waals surface area contributed by atoms with Gasteiger partial charge in [-0.25, -0.2) is 0 Å². The van der Waals surface area contributed by atoms with Gasteiger partial charge in [-0.15, -0.1) is 11.3 Å². The van der Waals surface area contributed by atoms with Gasteiger partial charge in [0.25, 0.3) is 0 Å². The second-order valence-corrected chi connectivity index (χ2v) is 8.76. The van der Waals surface area contributed by atoms with Crippen molar-refractivity contribution in [3.8, 4) is 22.1 Å². The number of aromatic nitrogens is 1. The predicted molar refractivity (Wildman–Crippen MR) is 117 cm³/mol. The van der Waals surface area contributed by atoms with Crippen LogP contribution in [0, 0.1) is 0 Å². The van der Waals surface area contributed by atoms with Crippen molar-refractivity contribution in [2.75, 3.05) is 19.6 Å². The van der Waals surface area contributed by atoms with E-state index in [1.165, 1.54) is 22.6 Å². The largest absolute Gasteiger partial charge is 0.504 e. The Labute approximate surface area is 175 Å². The van der Waals surface area contributed by atoms with Gasteiger partial charge in [0.2, 0.25) is 0 Å². The number of pyridine rings is 1. The van der Waals surface area contributed by atoms with E-state index in [2.05, 4.69) is 27.3 Å². The van der Waals surface area contributed by atoms with Crippen LogP contribution in [-0.4, -0.2) is 45.8 Å². The Morgan fingerprint density at radius 3 is 2.66 bits per heavy atom. The van der Waals surface area contributed by atoms with Crippen LogP contribution in [-0.2, 0) is 13.0 Å². The molecule has 2 aromatic heterocycles. The summed E-state index contributed by atoms with van der Waals surface area (Å²) >= 11 is 1.77. The molecule has 1 aliphatic heterocycles. The Kier molecular flexibility index (Phi) is 6.44. The summed E-state index contributed by atoms with van der Waals surface area (Å²) in [5.74, 6) is -0.126. The van der Waals surface area contributed by atoms with Gasteiger partial charge in [0.05, 0.1) is 10.6 Å². The van der Waals surface area contributed by atoms with E-state index in [0.717, 1.165) is 43.9 Å². The lowest BCUT2D eigenvalue weighted by atomic mass is 10.0. The summed E-state index contributed by atoms with van der Waals surface area (Å²) in [6, 6.07) is 15.7. The van der Waals surface area contributed by atoms with Crippen molar-refractivity contribution in [3.63, 3.8) is 0 Å². The average molecular weight is 410 g/mol. The molecule has 0 saturated carbocycles. The van der Waals surface area contributed by atoms with Crippen LogP contribution < -0.4 is 5.32 Å². The van der Waals surface area contributed by atoms with Crippen molar-refractivity contribution in [3.05, 3.63) is 65.2 Å². The summed E-state index contributed by atoms with van der Waals surface area (Å²) in [6.45, 7) is 4.10. The molecule has 1 atom stereocenters. The van der Waals surface area contributed by atoms with Crippen molar-refractivity contribution >= 4 is 11.3 Å². The highest BCUT2D eigenvalue weighted by atomic mass is 32.1. The Morgan fingerprint density at radius 1 is 1.03 bits per heavy atom. The van der Waals surface area contributed by atoms with E-state index in [-0.39, 0.29) is 17.5 Å². The van der Waals surface area contributed by atoms with Crippen LogP contribution in [0.3, 0.4) is 0 Å². The molecule has 3 heterocycles. The molecule has 0 aliphatic carbocycles. The van der Waals surface area contributed by atoms with E-state index in [0.29, 0.717) is 0 Å². The van der Waals surface area contributed by atoms with Gasteiger partial charge in [0.1, 0.15) is 0 Å². The molecule has 0 radical (unpaired) electrons. The number of hydrogen-bond acceptors (Lipinski definition) is 6. The fourth-order valence-corrected chi connectivity index (χ4v) is 4.76. The van der Waals surface area contributed by atoms with Crippen LogP contribution >= 0.6 is 11.3 Å². The molecule has 1 saturated heterocycles. The van der Waals surface area contributed by atoms with Crippen LogP contribution in [0.25, 0.3) is 10.6 Å². The van der Waals surface area contributed by atoms with Crippen molar-refractivity contribution < 1.29 is 10.2 Å². The number of nitrogens with one attached hydrogen (secondary N) is 1. The lowest BCUT2D eigenvalue weighted by Gasteiger charge is -2.24. The number of benzene rings is 1. The first kappa shape index (κ1) is 19.9. The molecule has 3 aromatic rings. The standard InChI is InChI=1S/C23H27N3O2S/c27-21-8-6-17(14-22(21)28)13-18(16-26-11-3-4-12-26)25-15-19-7-9-23(29-19)20-5-1-2-10-24-20/h1-2,5-10,14,18,25,27-28H,3-4,11-13,15-16H2/t18-/m0/s1. The van der Waals surface area contributed by atoms with Gasteiger partial charge >= 0.3 is 0 Å². The number of phenols is 2. The zero-order valence-electron chi connectivity index (χ0n) is 16.4. The number of rotatable bonds is 8. The van der Waals surface area contributed by atoms with Crippen molar-refractivity contribution in [1.29, 1.82) is 0 Å². The minimum absolute atomic E-state index is 0.0549. The first-order chi connectivity index (χ1) is 14.2. The lowest BCUT2D eigenvalue weighted by Crippen LogP contribution is -2.41. The van der Waals surface area contributed by atoms with E-state index in [9.17, 15) is 10.2 Å². The topological polar surface area (TPSA) is 68.6 Å². The van der Waals surface area contributed by atoms with E-state index < -0.39 is 0 Å². The number of hydrogen-bond donors (Lipinski definition) is 3. The average Bonchev–Trinajstić information content (AvgIpc) is 3.42. The van der Waals surface area contributed by atoms with Gasteiger partial charge in [0, 0.05) is 30.2 Å². The van der Waals surface area contributed by atoms with Crippen LogP contribution in [0.4, 0.5) is 0 Å². The normalized spacial score (nSPS) is 15.6. The summed E-state index contributed by atoms with van der Waals surface area (Å²) in [4.78, 5) is 9.41. The molecule has 29 heavy (non-hydrogen) atoms. The van der Waals surface area contributed by atoms with E-state index in [1.807, 2.05) is 30.5 Å². The van der Waals surface area contributed by atoms with E-state index in [1.54, 1.807) is 23.5 Å². The lowest BCUT2D eigenvalue weighted by molar-refractivity contribution is 0.288.